The monoisotopic (exact) mass is 529 g/mol. The van der Waals surface area contributed by atoms with Gasteiger partial charge in [-0.25, -0.2) is 4.79 Å². The number of nitrogens with zero attached hydrogens (tertiary/aromatic N) is 3. The number of carbonyl (C=O) groups is 1. The van der Waals surface area contributed by atoms with E-state index in [1.807, 2.05) is 42.5 Å². The highest BCUT2D eigenvalue weighted by molar-refractivity contribution is 8.14. The standard InChI is InChI=1S/C29H27N3O5S/c33-29(34)22-13-16-26(25(17-22)32(35)36)38-28-27(21-9-5-2-6-10-21)24(30-31-28)18-37-23-14-11-20(12-15-23)19-7-3-1-4-8-19/h2,5-6,9-17,19,27H,1,3-4,7-8,18H2,(H,33,34)/t27-/m0/s1. The van der Waals surface area contributed by atoms with Crippen LogP contribution in [0.15, 0.2) is 87.9 Å². The van der Waals surface area contributed by atoms with E-state index in [1.165, 1.54) is 49.8 Å². The number of aromatic carboxylic acids is 1. The summed E-state index contributed by atoms with van der Waals surface area (Å²) in [5.74, 6) is -0.179. The highest BCUT2D eigenvalue weighted by atomic mass is 32.2. The van der Waals surface area contributed by atoms with E-state index < -0.39 is 10.9 Å². The highest BCUT2D eigenvalue weighted by Gasteiger charge is 2.32. The molecule has 0 bridgehead atoms. The number of nitro benzene ring substituents is 1. The van der Waals surface area contributed by atoms with Crippen molar-refractivity contribution < 1.29 is 19.6 Å². The molecule has 3 aromatic rings. The molecule has 1 N–H and O–H groups in total. The van der Waals surface area contributed by atoms with Gasteiger partial charge in [0.2, 0.25) is 0 Å². The fourth-order valence-corrected chi connectivity index (χ4v) is 6.04. The van der Waals surface area contributed by atoms with Gasteiger partial charge in [-0.05, 0) is 54.2 Å². The summed E-state index contributed by atoms with van der Waals surface area (Å²) in [5.41, 5.74) is 2.56. The minimum Gasteiger partial charge on any atom is -0.488 e. The van der Waals surface area contributed by atoms with E-state index >= 15 is 0 Å². The largest absolute Gasteiger partial charge is 0.488 e. The van der Waals surface area contributed by atoms with Gasteiger partial charge < -0.3 is 9.84 Å². The highest BCUT2D eigenvalue weighted by Crippen LogP contribution is 2.38. The Morgan fingerprint density at radius 1 is 0.974 bits per heavy atom. The Hall–Kier alpha value is -3.98. The molecule has 38 heavy (non-hydrogen) atoms. The maximum absolute atomic E-state index is 11.7. The number of thioether (sulfide) groups is 1. The van der Waals surface area contributed by atoms with Crippen LogP contribution in [0.1, 0.15) is 65.4 Å². The van der Waals surface area contributed by atoms with Crippen molar-refractivity contribution in [1.82, 2.24) is 0 Å². The van der Waals surface area contributed by atoms with Crippen LogP contribution in [0.2, 0.25) is 0 Å². The molecule has 1 aliphatic heterocycles. The van der Waals surface area contributed by atoms with E-state index in [1.54, 1.807) is 0 Å². The average molecular weight is 530 g/mol. The number of rotatable bonds is 8. The van der Waals surface area contributed by atoms with Crippen molar-refractivity contribution in [3.63, 3.8) is 0 Å². The molecule has 8 nitrogen and oxygen atoms in total. The van der Waals surface area contributed by atoms with Gasteiger partial charge in [0.15, 0.2) is 0 Å². The van der Waals surface area contributed by atoms with Gasteiger partial charge in [-0.15, -0.1) is 5.10 Å². The van der Waals surface area contributed by atoms with Crippen molar-refractivity contribution in [3.8, 4) is 5.75 Å². The molecule has 1 fully saturated rings. The molecule has 0 spiro atoms. The van der Waals surface area contributed by atoms with E-state index in [9.17, 15) is 20.0 Å². The zero-order chi connectivity index (χ0) is 26.5. The van der Waals surface area contributed by atoms with Crippen LogP contribution in [0.4, 0.5) is 5.69 Å². The summed E-state index contributed by atoms with van der Waals surface area (Å²) in [6.45, 7) is 0.218. The summed E-state index contributed by atoms with van der Waals surface area (Å²) in [6.07, 6.45) is 6.38. The molecule has 0 radical (unpaired) electrons. The molecule has 0 saturated heterocycles. The summed E-state index contributed by atoms with van der Waals surface area (Å²) < 4.78 is 6.10. The van der Waals surface area contributed by atoms with Gasteiger partial charge >= 0.3 is 5.97 Å². The molecule has 2 aliphatic rings. The van der Waals surface area contributed by atoms with Crippen molar-refractivity contribution in [3.05, 3.63) is 99.6 Å². The third-order valence-electron chi connectivity index (χ3n) is 6.95. The molecule has 1 heterocycles. The van der Waals surface area contributed by atoms with E-state index in [0.717, 1.165) is 29.1 Å². The Morgan fingerprint density at radius 3 is 2.39 bits per heavy atom. The number of hydrogen-bond donors (Lipinski definition) is 1. The minimum atomic E-state index is -1.22. The third-order valence-corrected chi connectivity index (χ3v) is 8.04. The summed E-state index contributed by atoms with van der Waals surface area (Å²) in [5, 5.41) is 30.2. The molecule has 0 unspecified atom stereocenters. The smallest absolute Gasteiger partial charge is 0.335 e. The van der Waals surface area contributed by atoms with Crippen LogP contribution in [0.5, 0.6) is 5.75 Å². The molecule has 1 atom stereocenters. The molecule has 194 valence electrons. The van der Waals surface area contributed by atoms with Gasteiger partial charge in [0.05, 0.1) is 27.0 Å². The van der Waals surface area contributed by atoms with Gasteiger partial charge in [0, 0.05) is 6.07 Å². The van der Waals surface area contributed by atoms with Gasteiger partial charge in [0.25, 0.3) is 5.69 Å². The summed E-state index contributed by atoms with van der Waals surface area (Å²) in [6, 6.07) is 21.8. The van der Waals surface area contributed by atoms with Crippen LogP contribution < -0.4 is 4.74 Å². The Balaban J connectivity index is 1.33. The average Bonchev–Trinajstić information content (AvgIpc) is 3.35. The minimum absolute atomic E-state index is 0.145. The first-order valence-electron chi connectivity index (χ1n) is 12.6. The SMILES string of the molecule is O=C(O)c1ccc(SC2=NN=C(COc3ccc(C4CCCCC4)cc3)[C@@H]2c2ccccc2)c([N+](=O)[O-])c1. The fraction of sp³-hybridized carbons (Fsp3) is 0.276. The lowest BCUT2D eigenvalue weighted by Crippen LogP contribution is -2.22. The Morgan fingerprint density at radius 2 is 1.71 bits per heavy atom. The van der Waals surface area contributed by atoms with Crippen LogP contribution in [-0.4, -0.2) is 33.4 Å². The second-order valence-corrected chi connectivity index (χ2v) is 10.5. The molecule has 5 rings (SSSR count). The lowest BCUT2D eigenvalue weighted by atomic mass is 9.84. The van der Waals surface area contributed by atoms with E-state index in [4.69, 9.17) is 4.74 Å². The van der Waals surface area contributed by atoms with Gasteiger partial charge in [-0.3, -0.25) is 10.1 Å². The second kappa shape index (κ2) is 11.6. The number of carboxylic acids is 1. The number of benzene rings is 3. The predicted molar refractivity (Wildman–Crippen MR) is 148 cm³/mol. The molecular weight excluding hydrogens is 502 g/mol. The van der Waals surface area contributed by atoms with Crippen molar-refractivity contribution in [2.45, 2.75) is 48.8 Å². The number of ether oxygens (including phenoxy) is 1. The van der Waals surface area contributed by atoms with Gasteiger partial charge in [-0.1, -0.05) is 73.5 Å². The molecule has 1 aliphatic carbocycles. The lowest BCUT2D eigenvalue weighted by molar-refractivity contribution is -0.387. The van der Waals surface area contributed by atoms with Crippen LogP contribution in [0.25, 0.3) is 0 Å². The van der Waals surface area contributed by atoms with Crippen molar-refractivity contribution in [2.24, 2.45) is 10.2 Å². The topological polar surface area (TPSA) is 114 Å². The normalized spacial score (nSPS) is 17.5. The molecule has 1 saturated carbocycles. The summed E-state index contributed by atoms with van der Waals surface area (Å²) in [4.78, 5) is 22.7. The Labute approximate surface area is 224 Å². The van der Waals surface area contributed by atoms with Crippen molar-refractivity contribution in [1.29, 1.82) is 0 Å². The number of nitro groups is 1. The zero-order valence-electron chi connectivity index (χ0n) is 20.7. The van der Waals surface area contributed by atoms with Crippen molar-refractivity contribution in [2.75, 3.05) is 6.61 Å². The first-order valence-corrected chi connectivity index (χ1v) is 13.4. The van der Waals surface area contributed by atoms with Crippen LogP contribution >= 0.6 is 11.8 Å². The Kier molecular flexibility index (Phi) is 7.83. The summed E-state index contributed by atoms with van der Waals surface area (Å²) >= 11 is 1.12. The van der Waals surface area contributed by atoms with Crippen molar-refractivity contribution >= 4 is 34.2 Å². The molecule has 3 aromatic carbocycles. The third kappa shape index (κ3) is 5.78. The van der Waals surface area contributed by atoms with E-state index in [-0.39, 0.29) is 23.8 Å². The second-order valence-electron chi connectivity index (χ2n) is 9.41. The van der Waals surface area contributed by atoms with Gasteiger partial charge in [-0.2, -0.15) is 5.10 Å². The van der Waals surface area contributed by atoms with Crippen LogP contribution in [0, 0.1) is 10.1 Å². The Bertz CT molecular complexity index is 1380. The zero-order valence-corrected chi connectivity index (χ0v) is 21.5. The maximum atomic E-state index is 11.7. The van der Waals surface area contributed by atoms with E-state index in [2.05, 4.69) is 22.3 Å². The first-order chi connectivity index (χ1) is 18.5. The first kappa shape index (κ1) is 25.7. The lowest BCUT2D eigenvalue weighted by Gasteiger charge is -2.22. The number of hydrogen-bond acceptors (Lipinski definition) is 7. The van der Waals surface area contributed by atoms with Crippen LogP contribution in [0.3, 0.4) is 0 Å². The quantitative estimate of drug-likeness (QED) is 0.247. The molecule has 9 heteroatoms. The fourth-order valence-electron chi connectivity index (χ4n) is 4.96. The van der Waals surface area contributed by atoms with Crippen LogP contribution in [-0.2, 0) is 0 Å². The molecular formula is C29H27N3O5S. The molecule has 0 amide bonds. The molecule has 0 aromatic heterocycles. The predicted octanol–water partition coefficient (Wildman–Crippen LogP) is 7.06. The van der Waals surface area contributed by atoms with E-state index in [0.29, 0.717) is 21.6 Å². The van der Waals surface area contributed by atoms with Gasteiger partial charge in [0.1, 0.15) is 17.4 Å². The maximum Gasteiger partial charge on any atom is 0.335 e. The summed E-state index contributed by atoms with van der Waals surface area (Å²) in [7, 11) is 0. The number of carboxylic acid groups (broad SMARTS) is 1.